The lowest BCUT2D eigenvalue weighted by Gasteiger charge is -2.15. The number of anilines is 8. The van der Waals surface area contributed by atoms with Crippen molar-refractivity contribution in [2.75, 3.05) is 51.6 Å². The number of rotatable bonds is 19. The van der Waals surface area contributed by atoms with Crippen molar-refractivity contribution in [2.45, 2.75) is 53.4 Å². The second-order valence-electron chi connectivity index (χ2n) is 13.7. The quantitative estimate of drug-likeness (QED) is 0.0439. The molecule has 0 aliphatic rings. The third kappa shape index (κ3) is 12.2. The van der Waals surface area contributed by atoms with Crippen molar-refractivity contribution in [3.63, 3.8) is 0 Å². The molecule has 15 heteroatoms. The number of hydrogen-bond donors (Lipinski definition) is 6. The normalized spacial score (nSPS) is 10.7. The number of nitrogens with zero attached hydrogens (tertiary/aromatic N) is 6. The maximum Gasteiger partial charge on any atom is 0.232 e. The van der Waals surface area contributed by atoms with Crippen molar-refractivity contribution in [1.29, 1.82) is 0 Å². The van der Waals surface area contributed by atoms with Gasteiger partial charge in [-0.2, -0.15) is 9.97 Å². The highest BCUT2D eigenvalue weighted by Gasteiger charge is 2.14. The van der Waals surface area contributed by atoms with Gasteiger partial charge < -0.3 is 36.6 Å². The van der Waals surface area contributed by atoms with Crippen LogP contribution in [-0.4, -0.2) is 61.4 Å². The molecule has 58 heavy (non-hydrogen) atoms. The summed E-state index contributed by atoms with van der Waals surface area (Å²) >= 11 is 0. The molecule has 0 bridgehead atoms. The van der Waals surface area contributed by atoms with Gasteiger partial charge in [-0.3, -0.25) is 9.59 Å². The summed E-state index contributed by atoms with van der Waals surface area (Å²) < 4.78 is 5.79. The number of amides is 2. The van der Waals surface area contributed by atoms with Gasteiger partial charge in [-0.05, 0) is 99.2 Å². The SMILES string of the molecule is Cc1ccc(CCCNc2ncnc(Nc3cccc(NC(=O)CCC(=O)Nc4cccc(Nc5ncnc(NCCOc6cccc(C)c6)n5)c4C)c3C)n2)cc1. The van der Waals surface area contributed by atoms with Crippen LogP contribution >= 0.6 is 0 Å². The largest absolute Gasteiger partial charge is 0.492 e. The van der Waals surface area contributed by atoms with Crippen LogP contribution in [0.3, 0.4) is 0 Å². The monoisotopic (exact) mass is 780 g/mol. The van der Waals surface area contributed by atoms with Crippen molar-refractivity contribution < 1.29 is 14.3 Å². The fourth-order valence-electron chi connectivity index (χ4n) is 5.87. The summed E-state index contributed by atoms with van der Waals surface area (Å²) in [6.45, 7) is 9.51. The second-order valence-corrected chi connectivity index (χ2v) is 13.7. The lowest BCUT2D eigenvalue weighted by atomic mass is 10.1. The molecule has 0 fully saturated rings. The predicted octanol–water partition coefficient (Wildman–Crippen LogP) is 7.67. The van der Waals surface area contributed by atoms with E-state index in [2.05, 4.69) is 93.0 Å². The molecule has 0 unspecified atom stereocenters. The number of aryl methyl sites for hydroxylation is 3. The van der Waals surface area contributed by atoms with Crippen LogP contribution in [0.4, 0.5) is 46.5 Å². The molecule has 0 saturated carbocycles. The number of hydrogen-bond acceptors (Lipinski definition) is 13. The van der Waals surface area contributed by atoms with Crippen molar-refractivity contribution >= 4 is 58.4 Å². The molecule has 0 spiro atoms. The molecular weight excluding hydrogens is 733 g/mol. The van der Waals surface area contributed by atoms with Crippen LogP contribution in [0.15, 0.2) is 97.6 Å². The lowest BCUT2D eigenvalue weighted by Crippen LogP contribution is -2.18. The van der Waals surface area contributed by atoms with Gasteiger partial charge in [-0.1, -0.05) is 54.1 Å². The molecule has 4 aromatic carbocycles. The first-order valence-corrected chi connectivity index (χ1v) is 19.1. The zero-order valence-electron chi connectivity index (χ0n) is 33.1. The Morgan fingerprint density at radius 1 is 0.569 bits per heavy atom. The standard InChI is InChI=1S/C43H48N12O3/c1-28-16-18-32(19-17-28)10-8-22-44-40-46-26-48-42(54-40)52-36-14-6-12-34(30(36)3)50-38(56)20-21-39(57)51-35-13-7-15-37(31(35)4)53-43-49-27-47-41(55-43)45-23-24-58-33-11-5-9-29(2)25-33/h5-7,9,11-19,25-27H,8,10,20-24H2,1-4H3,(H,50,56)(H,51,57)(H2,44,46,48,52,54)(H2,45,47,49,53,55). The summed E-state index contributed by atoms with van der Waals surface area (Å²) in [4.78, 5) is 51.9. The third-order valence-corrected chi connectivity index (χ3v) is 9.12. The molecule has 2 aromatic heterocycles. The Hall–Kier alpha value is -7.16. The summed E-state index contributed by atoms with van der Waals surface area (Å²) in [7, 11) is 0. The van der Waals surface area contributed by atoms with E-state index in [1.165, 1.54) is 23.8 Å². The molecule has 0 saturated heterocycles. The fourth-order valence-corrected chi connectivity index (χ4v) is 5.87. The Morgan fingerprint density at radius 2 is 1.09 bits per heavy atom. The Bertz CT molecular complexity index is 2320. The first kappa shape index (κ1) is 40.5. The van der Waals surface area contributed by atoms with Crippen molar-refractivity contribution in [2.24, 2.45) is 0 Å². The first-order chi connectivity index (χ1) is 28.2. The average molecular weight is 781 g/mol. The maximum atomic E-state index is 13.0. The minimum absolute atomic E-state index is 0.0109. The number of aromatic nitrogens is 6. The van der Waals surface area contributed by atoms with E-state index in [4.69, 9.17) is 4.74 Å². The Kier molecular flexibility index (Phi) is 14.1. The smallest absolute Gasteiger partial charge is 0.232 e. The van der Waals surface area contributed by atoms with Crippen molar-refractivity contribution in [3.05, 3.63) is 125 Å². The van der Waals surface area contributed by atoms with Crippen LogP contribution in [-0.2, 0) is 16.0 Å². The second kappa shape index (κ2) is 20.1. The van der Waals surface area contributed by atoms with Crippen molar-refractivity contribution in [3.8, 4) is 5.75 Å². The van der Waals surface area contributed by atoms with Gasteiger partial charge in [0.05, 0.1) is 6.54 Å². The van der Waals surface area contributed by atoms with E-state index in [9.17, 15) is 9.59 Å². The minimum Gasteiger partial charge on any atom is -0.492 e. The zero-order valence-corrected chi connectivity index (χ0v) is 33.1. The molecule has 2 amide bonds. The Morgan fingerprint density at radius 3 is 1.66 bits per heavy atom. The van der Waals surface area contributed by atoms with Crippen LogP contribution < -0.4 is 36.6 Å². The average Bonchev–Trinajstić information content (AvgIpc) is 3.21. The Labute approximate surface area is 338 Å². The van der Waals surface area contributed by atoms with Crippen LogP contribution in [0.25, 0.3) is 0 Å². The molecule has 298 valence electrons. The maximum absolute atomic E-state index is 13.0. The number of ether oxygens (including phenoxy) is 1. The number of nitrogens with one attached hydrogen (secondary N) is 6. The van der Waals surface area contributed by atoms with Gasteiger partial charge in [0, 0.05) is 42.1 Å². The Balaban J connectivity index is 0.947. The number of carbonyl (C=O) groups is 2. The minimum atomic E-state index is -0.295. The predicted molar refractivity (Wildman–Crippen MR) is 228 cm³/mol. The lowest BCUT2D eigenvalue weighted by molar-refractivity contribution is -0.121. The van der Waals surface area contributed by atoms with Gasteiger partial charge in [-0.25, -0.2) is 19.9 Å². The van der Waals surface area contributed by atoms with Gasteiger partial charge in [0.25, 0.3) is 0 Å². The van der Waals surface area contributed by atoms with E-state index in [0.717, 1.165) is 41.0 Å². The fraction of sp³-hybridized carbons (Fsp3) is 0.256. The van der Waals surface area contributed by atoms with E-state index < -0.39 is 0 Å². The molecular formula is C43H48N12O3. The summed E-state index contributed by atoms with van der Waals surface area (Å²) in [5, 5.41) is 18.7. The zero-order chi connectivity index (χ0) is 40.7. The first-order valence-electron chi connectivity index (χ1n) is 19.1. The molecule has 15 nitrogen and oxygen atoms in total. The summed E-state index contributed by atoms with van der Waals surface area (Å²) in [5.41, 5.74) is 7.89. The van der Waals surface area contributed by atoms with E-state index in [0.29, 0.717) is 60.6 Å². The van der Waals surface area contributed by atoms with Gasteiger partial charge >= 0.3 is 0 Å². The summed E-state index contributed by atoms with van der Waals surface area (Å²) in [6, 6.07) is 27.4. The molecule has 0 radical (unpaired) electrons. The molecule has 2 heterocycles. The number of benzene rings is 4. The summed E-state index contributed by atoms with van der Waals surface area (Å²) in [5.74, 6) is 1.80. The van der Waals surface area contributed by atoms with Gasteiger partial charge in [0.2, 0.25) is 35.6 Å². The highest BCUT2D eigenvalue weighted by molar-refractivity contribution is 5.98. The van der Waals surface area contributed by atoms with Crippen LogP contribution in [0.2, 0.25) is 0 Å². The highest BCUT2D eigenvalue weighted by atomic mass is 16.5. The third-order valence-electron chi connectivity index (χ3n) is 9.12. The van der Waals surface area contributed by atoms with Gasteiger partial charge in [0.15, 0.2) is 0 Å². The number of carbonyl (C=O) groups excluding carboxylic acids is 2. The van der Waals surface area contributed by atoms with Crippen LogP contribution in [0.1, 0.15) is 47.1 Å². The van der Waals surface area contributed by atoms with E-state index in [1.807, 2.05) is 75.4 Å². The van der Waals surface area contributed by atoms with E-state index in [1.54, 1.807) is 6.07 Å². The molecule has 6 rings (SSSR count). The van der Waals surface area contributed by atoms with E-state index >= 15 is 0 Å². The molecule has 6 N–H and O–H groups in total. The van der Waals surface area contributed by atoms with Gasteiger partial charge in [-0.15, -0.1) is 0 Å². The van der Waals surface area contributed by atoms with Crippen LogP contribution in [0, 0.1) is 27.7 Å². The van der Waals surface area contributed by atoms with Crippen molar-refractivity contribution in [1.82, 2.24) is 29.9 Å². The summed E-state index contributed by atoms with van der Waals surface area (Å²) in [6.07, 6.45) is 4.73. The molecule has 6 aromatic rings. The highest BCUT2D eigenvalue weighted by Crippen LogP contribution is 2.27. The van der Waals surface area contributed by atoms with E-state index in [-0.39, 0.29) is 24.7 Å². The van der Waals surface area contributed by atoms with Crippen LogP contribution in [0.5, 0.6) is 5.75 Å². The van der Waals surface area contributed by atoms with Gasteiger partial charge in [0.1, 0.15) is 25.0 Å². The molecule has 0 aliphatic carbocycles. The topological polar surface area (TPSA) is 193 Å². The molecule has 0 atom stereocenters. The molecule has 0 aliphatic heterocycles.